The summed E-state index contributed by atoms with van der Waals surface area (Å²) < 4.78 is 27.3. The molecule has 0 bridgehead atoms. The highest BCUT2D eigenvalue weighted by atomic mass is 16.7. The number of methoxy groups -OCH3 is 1. The van der Waals surface area contributed by atoms with Gasteiger partial charge in [-0.15, -0.1) is 0 Å². The molecule has 2 aliphatic rings. The Hall–Kier alpha value is -3.48. The van der Waals surface area contributed by atoms with Crippen molar-refractivity contribution in [1.82, 2.24) is 0 Å². The lowest BCUT2D eigenvalue weighted by molar-refractivity contribution is -0.129. The van der Waals surface area contributed by atoms with E-state index >= 15 is 0 Å². The molecule has 7 nitrogen and oxygen atoms in total. The number of hydrogen-bond acceptors (Lipinski definition) is 7. The summed E-state index contributed by atoms with van der Waals surface area (Å²) in [5, 5.41) is 0. The lowest BCUT2D eigenvalue weighted by Gasteiger charge is -2.11. The second-order valence-corrected chi connectivity index (χ2v) is 7.22. The number of hydrogen-bond donors (Lipinski definition) is 0. The normalized spacial score (nSPS) is 15.7. The zero-order valence-electron chi connectivity index (χ0n) is 17.7. The van der Waals surface area contributed by atoms with Gasteiger partial charge in [-0.25, -0.2) is 9.79 Å². The molecule has 0 radical (unpaired) electrons. The van der Waals surface area contributed by atoms with Crippen LogP contribution < -0.4 is 18.9 Å². The predicted octanol–water partition coefficient (Wildman–Crippen LogP) is 4.73. The van der Waals surface area contributed by atoms with E-state index in [1.54, 1.807) is 31.4 Å². The number of fused-ring (bicyclic) bond motifs is 1. The zero-order valence-corrected chi connectivity index (χ0v) is 17.7. The molecule has 0 saturated heterocycles. The maximum Gasteiger partial charge on any atom is 0.363 e. The van der Waals surface area contributed by atoms with Gasteiger partial charge in [-0.2, -0.15) is 0 Å². The van der Waals surface area contributed by atoms with Crippen molar-refractivity contribution in [1.29, 1.82) is 0 Å². The minimum atomic E-state index is -0.511. The summed E-state index contributed by atoms with van der Waals surface area (Å²) in [5.41, 5.74) is 1.62. The topological polar surface area (TPSA) is 75.6 Å². The van der Waals surface area contributed by atoms with Crippen LogP contribution in [0.3, 0.4) is 0 Å². The van der Waals surface area contributed by atoms with E-state index < -0.39 is 5.97 Å². The van der Waals surface area contributed by atoms with Gasteiger partial charge in [-0.1, -0.05) is 32.3 Å². The van der Waals surface area contributed by atoms with Crippen molar-refractivity contribution >= 4 is 17.9 Å². The summed E-state index contributed by atoms with van der Waals surface area (Å²) in [4.78, 5) is 16.7. The Morgan fingerprint density at radius 2 is 1.90 bits per heavy atom. The van der Waals surface area contributed by atoms with Crippen molar-refractivity contribution in [3.63, 3.8) is 0 Å². The molecular weight excluding hydrogens is 398 g/mol. The van der Waals surface area contributed by atoms with E-state index in [9.17, 15) is 4.79 Å². The number of aliphatic imine (C=N–C) groups is 1. The van der Waals surface area contributed by atoms with Crippen LogP contribution in [0, 0.1) is 0 Å². The molecule has 2 aromatic carbocycles. The molecule has 2 heterocycles. The van der Waals surface area contributed by atoms with Crippen molar-refractivity contribution in [2.75, 3.05) is 20.5 Å². The van der Waals surface area contributed by atoms with Gasteiger partial charge in [-0.05, 0) is 48.4 Å². The maximum atomic E-state index is 12.3. The first-order chi connectivity index (χ1) is 15.2. The number of esters is 1. The Bertz CT molecular complexity index is 1030. The van der Waals surface area contributed by atoms with Crippen LogP contribution in [-0.2, 0) is 9.53 Å². The van der Waals surface area contributed by atoms with Gasteiger partial charge in [0.15, 0.2) is 28.7 Å². The molecule has 4 rings (SSSR count). The van der Waals surface area contributed by atoms with Gasteiger partial charge in [0.2, 0.25) is 12.7 Å². The van der Waals surface area contributed by atoms with Crippen LogP contribution in [0.5, 0.6) is 23.0 Å². The number of carbonyl (C=O) groups is 1. The van der Waals surface area contributed by atoms with Crippen LogP contribution in [0.15, 0.2) is 47.1 Å². The summed E-state index contributed by atoms with van der Waals surface area (Å²) in [5.74, 6) is 2.26. The molecule has 0 spiro atoms. The Morgan fingerprint density at radius 1 is 1.03 bits per heavy atom. The SMILES string of the molecule is CCCCCCOc1ccc(/C=C2\N=C(c3ccc4c(c3)OCO4)OC2=O)cc1OC. The van der Waals surface area contributed by atoms with Crippen LogP contribution in [0.25, 0.3) is 6.08 Å². The fraction of sp³-hybridized carbons (Fsp3) is 0.333. The number of rotatable bonds is 9. The molecule has 0 saturated carbocycles. The van der Waals surface area contributed by atoms with Gasteiger partial charge in [-0.3, -0.25) is 0 Å². The molecule has 0 fully saturated rings. The van der Waals surface area contributed by atoms with Gasteiger partial charge in [0.25, 0.3) is 0 Å². The summed E-state index contributed by atoms with van der Waals surface area (Å²) in [6, 6.07) is 10.8. The largest absolute Gasteiger partial charge is 0.493 e. The fourth-order valence-corrected chi connectivity index (χ4v) is 3.32. The third-order valence-corrected chi connectivity index (χ3v) is 4.99. The third-order valence-electron chi connectivity index (χ3n) is 4.99. The Labute approximate surface area is 181 Å². The van der Waals surface area contributed by atoms with E-state index in [0.29, 0.717) is 35.2 Å². The molecule has 0 aliphatic carbocycles. The summed E-state index contributed by atoms with van der Waals surface area (Å²) in [7, 11) is 1.59. The minimum Gasteiger partial charge on any atom is -0.493 e. The molecule has 0 N–H and O–H groups in total. The maximum absolute atomic E-state index is 12.3. The van der Waals surface area contributed by atoms with Gasteiger partial charge in [0, 0.05) is 5.56 Å². The Kier molecular flexibility index (Phi) is 6.40. The van der Waals surface area contributed by atoms with E-state index in [-0.39, 0.29) is 18.4 Å². The standard InChI is InChI=1S/C24H25NO6/c1-3-4-5-6-11-28-19-9-7-16(13-21(19)27-2)12-18-24(26)31-23(25-18)17-8-10-20-22(14-17)30-15-29-20/h7-10,12-14H,3-6,11,15H2,1-2H3/b18-12-. The monoisotopic (exact) mass is 423 g/mol. The molecule has 0 atom stereocenters. The van der Waals surface area contributed by atoms with Crippen LogP contribution in [-0.4, -0.2) is 32.4 Å². The first-order valence-electron chi connectivity index (χ1n) is 10.4. The highest BCUT2D eigenvalue weighted by molar-refractivity contribution is 6.13. The highest BCUT2D eigenvalue weighted by Gasteiger charge is 2.26. The van der Waals surface area contributed by atoms with Crippen LogP contribution in [0.2, 0.25) is 0 Å². The molecule has 2 aliphatic heterocycles. The number of cyclic esters (lactones) is 1. The predicted molar refractivity (Wildman–Crippen MR) is 116 cm³/mol. The van der Waals surface area contributed by atoms with Gasteiger partial charge in [0.1, 0.15) is 0 Å². The van der Waals surface area contributed by atoms with Crippen LogP contribution in [0.1, 0.15) is 43.7 Å². The quantitative estimate of drug-likeness (QED) is 0.330. The molecule has 0 amide bonds. The molecule has 162 valence electrons. The van der Waals surface area contributed by atoms with Gasteiger partial charge < -0.3 is 23.7 Å². The molecular formula is C24H25NO6. The lowest BCUT2D eigenvalue weighted by atomic mass is 10.1. The summed E-state index contributed by atoms with van der Waals surface area (Å²) >= 11 is 0. The van der Waals surface area contributed by atoms with Crippen molar-refractivity contribution in [2.24, 2.45) is 4.99 Å². The second-order valence-electron chi connectivity index (χ2n) is 7.22. The van der Waals surface area contributed by atoms with Crippen molar-refractivity contribution in [2.45, 2.75) is 32.6 Å². The van der Waals surface area contributed by atoms with Gasteiger partial charge in [0.05, 0.1) is 13.7 Å². The number of benzene rings is 2. The number of unbranched alkanes of at least 4 members (excludes halogenated alkanes) is 3. The second kappa shape index (κ2) is 9.55. The smallest absolute Gasteiger partial charge is 0.363 e. The van der Waals surface area contributed by atoms with Gasteiger partial charge >= 0.3 is 5.97 Å². The highest BCUT2D eigenvalue weighted by Crippen LogP contribution is 2.34. The molecule has 2 aromatic rings. The van der Waals surface area contributed by atoms with Crippen molar-refractivity contribution in [3.8, 4) is 23.0 Å². The van der Waals surface area contributed by atoms with Crippen LogP contribution >= 0.6 is 0 Å². The Morgan fingerprint density at radius 3 is 2.74 bits per heavy atom. The number of ether oxygens (including phenoxy) is 5. The molecule has 7 heteroatoms. The van der Waals surface area contributed by atoms with E-state index in [0.717, 1.165) is 18.4 Å². The summed E-state index contributed by atoms with van der Waals surface area (Å²) in [6.45, 7) is 3.00. The van der Waals surface area contributed by atoms with E-state index in [4.69, 9.17) is 23.7 Å². The first-order valence-corrected chi connectivity index (χ1v) is 10.4. The fourth-order valence-electron chi connectivity index (χ4n) is 3.32. The molecule has 0 unspecified atom stereocenters. The first kappa shape index (κ1) is 20.8. The average molecular weight is 423 g/mol. The Balaban J connectivity index is 1.49. The summed E-state index contributed by atoms with van der Waals surface area (Å²) in [6.07, 6.45) is 6.21. The zero-order chi connectivity index (χ0) is 21.6. The lowest BCUT2D eigenvalue weighted by Crippen LogP contribution is -2.05. The molecule has 0 aromatic heterocycles. The molecule has 31 heavy (non-hydrogen) atoms. The van der Waals surface area contributed by atoms with Crippen molar-refractivity contribution in [3.05, 3.63) is 53.2 Å². The average Bonchev–Trinajstić information content (AvgIpc) is 3.40. The minimum absolute atomic E-state index is 0.177. The van der Waals surface area contributed by atoms with Crippen molar-refractivity contribution < 1.29 is 28.5 Å². The van der Waals surface area contributed by atoms with E-state index in [1.165, 1.54) is 12.8 Å². The number of carbonyl (C=O) groups excluding carboxylic acids is 1. The van der Waals surface area contributed by atoms with E-state index in [1.807, 2.05) is 18.2 Å². The van der Waals surface area contributed by atoms with E-state index in [2.05, 4.69) is 11.9 Å². The third kappa shape index (κ3) is 4.82. The number of nitrogens with zero attached hydrogens (tertiary/aromatic N) is 1. The van der Waals surface area contributed by atoms with Crippen LogP contribution in [0.4, 0.5) is 0 Å².